The minimum absolute atomic E-state index is 0.160. The van der Waals surface area contributed by atoms with Crippen molar-refractivity contribution in [2.24, 2.45) is 5.10 Å². The monoisotopic (exact) mass is 370 g/mol. The van der Waals surface area contributed by atoms with Gasteiger partial charge in [-0.1, -0.05) is 11.6 Å². The molecule has 0 aliphatic carbocycles. The number of methoxy groups -OCH3 is 1. The molecule has 0 aliphatic rings. The smallest absolute Gasteiger partial charge is 0.329 e. The van der Waals surface area contributed by atoms with Gasteiger partial charge in [0.15, 0.2) is 0 Å². The molecule has 0 aliphatic heterocycles. The van der Waals surface area contributed by atoms with Crippen molar-refractivity contribution in [1.29, 1.82) is 0 Å². The first-order chi connectivity index (χ1) is 11.9. The molecule has 0 heterocycles. The Bertz CT molecular complexity index is 650. The van der Waals surface area contributed by atoms with Crippen molar-refractivity contribution in [2.45, 2.75) is 6.42 Å². The van der Waals surface area contributed by atoms with Gasteiger partial charge < -0.3 is 24.7 Å². The Morgan fingerprint density at radius 2 is 2.08 bits per heavy atom. The second kappa shape index (κ2) is 11.0. The van der Waals surface area contributed by atoms with Crippen molar-refractivity contribution in [3.05, 3.63) is 28.8 Å². The third kappa shape index (κ3) is 8.13. The Kier molecular flexibility index (Phi) is 8.97. The van der Waals surface area contributed by atoms with E-state index in [9.17, 15) is 19.5 Å². The van der Waals surface area contributed by atoms with Crippen LogP contribution in [0, 0.1) is 0 Å². The van der Waals surface area contributed by atoms with Gasteiger partial charge in [-0.15, -0.1) is 0 Å². The maximum Gasteiger partial charge on any atom is 0.329 e. The first-order valence-electron chi connectivity index (χ1n) is 7.16. The number of ether oxygens (including phenoxy) is 2. The van der Waals surface area contributed by atoms with Gasteiger partial charge in [0.2, 0.25) is 0 Å². The van der Waals surface area contributed by atoms with E-state index < -0.39 is 24.4 Å². The zero-order valence-electron chi connectivity index (χ0n) is 13.4. The van der Waals surface area contributed by atoms with Crippen molar-refractivity contribution in [3.8, 4) is 5.75 Å². The summed E-state index contributed by atoms with van der Waals surface area (Å²) in [6.45, 7) is 0.166. The fourth-order valence-corrected chi connectivity index (χ4v) is 1.81. The number of hydrogen-bond donors (Lipinski definition) is 2. The van der Waals surface area contributed by atoms with E-state index in [1.54, 1.807) is 0 Å². The number of aliphatic carboxylic acids is 1. The highest BCUT2D eigenvalue weighted by Crippen LogP contribution is 2.24. The summed E-state index contributed by atoms with van der Waals surface area (Å²) in [6.07, 6.45) is 1.86. The van der Waals surface area contributed by atoms with Crippen LogP contribution in [0.5, 0.6) is 5.75 Å². The highest BCUT2D eigenvalue weighted by Gasteiger charge is 2.11. The van der Waals surface area contributed by atoms with E-state index in [4.69, 9.17) is 21.1 Å². The molecular weight excluding hydrogens is 354 g/mol. The second-order valence-corrected chi connectivity index (χ2v) is 5.06. The van der Waals surface area contributed by atoms with E-state index in [1.807, 2.05) is 0 Å². The molecule has 0 bridgehead atoms. The standard InChI is InChI=1S/C15H18ClN3O6/c1-24-6-2-5-17-14(22)15(23)19-18-8-10-3-4-12(11(16)7-10)25-9-13(20)21/h3-4,7-8H,2,5-6,9H2,1H3,(H,17,22)(H,19,23)(H,20,21)/p-1/b18-8-. The number of nitrogens with one attached hydrogen (secondary N) is 2. The largest absolute Gasteiger partial charge is 0.546 e. The summed E-state index contributed by atoms with van der Waals surface area (Å²) in [5.74, 6) is -2.92. The number of halogens is 1. The molecule has 2 amide bonds. The van der Waals surface area contributed by atoms with Crippen molar-refractivity contribution in [3.63, 3.8) is 0 Å². The van der Waals surface area contributed by atoms with Crippen LogP contribution in [0.1, 0.15) is 12.0 Å². The zero-order chi connectivity index (χ0) is 18.7. The molecule has 0 saturated carbocycles. The van der Waals surface area contributed by atoms with Crippen LogP contribution in [0.25, 0.3) is 0 Å². The van der Waals surface area contributed by atoms with Gasteiger partial charge >= 0.3 is 11.8 Å². The molecule has 0 spiro atoms. The van der Waals surface area contributed by atoms with E-state index in [1.165, 1.54) is 31.5 Å². The molecule has 1 aromatic rings. The van der Waals surface area contributed by atoms with Gasteiger partial charge in [0.25, 0.3) is 0 Å². The highest BCUT2D eigenvalue weighted by atomic mass is 35.5. The Morgan fingerprint density at radius 3 is 2.72 bits per heavy atom. The molecule has 0 atom stereocenters. The maximum absolute atomic E-state index is 11.5. The molecule has 25 heavy (non-hydrogen) atoms. The summed E-state index contributed by atoms with van der Waals surface area (Å²) in [5, 5.41) is 16.5. The van der Waals surface area contributed by atoms with Gasteiger partial charge in [-0.25, -0.2) is 5.43 Å². The lowest BCUT2D eigenvalue weighted by atomic mass is 10.2. The molecule has 0 unspecified atom stereocenters. The number of carbonyl (C=O) groups excluding carboxylic acids is 3. The Hall–Kier alpha value is -2.65. The highest BCUT2D eigenvalue weighted by molar-refractivity contribution is 6.35. The second-order valence-electron chi connectivity index (χ2n) is 4.65. The fourth-order valence-electron chi connectivity index (χ4n) is 1.57. The molecule has 0 fully saturated rings. The van der Waals surface area contributed by atoms with E-state index in [-0.39, 0.29) is 10.8 Å². The van der Waals surface area contributed by atoms with Gasteiger partial charge in [0.05, 0.1) is 17.2 Å². The van der Waals surface area contributed by atoms with E-state index in [0.29, 0.717) is 25.1 Å². The molecule has 136 valence electrons. The van der Waals surface area contributed by atoms with E-state index in [2.05, 4.69) is 15.8 Å². The first kappa shape index (κ1) is 20.4. The number of rotatable bonds is 9. The van der Waals surface area contributed by atoms with Crippen LogP contribution in [0.3, 0.4) is 0 Å². The van der Waals surface area contributed by atoms with Crippen molar-refractivity contribution < 1.29 is 29.0 Å². The van der Waals surface area contributed by atoms with Crippen LogP contribution in [0.15, 0.2) is 23.3 Å². The average molecular weight is 371 g/mol. The van der Waals surface area contributed by atoms with Crippen LogP contribution in [-0.2, 0) is 19.1 Å². The maximum atomic E-state index is 11.5. The van der Waals surface area contributed by atoms with Crippen molar-refractivity contribution in [2.75, 3.05) is 26.9 Å². The summed E-state index contributed by atoms with van der Waals surface area (Å²) < 4.78 is 9.73. The van der Waals surface area contributed by atoms with Crippen LogP contribution >= 0.6 is 11.6 Å². The predicted molar refractivity (Wildman–Crippen MR) is 87.2 cm³/mol. The molecule has 0 radical (unpaired) electrons. The first-order valence-corrected chi connectivity index (χ1v) is 7.54. The third-order valence-corrected chi connectivity index (χ3v) is 2.99. The predicted octanol–water partition coefficient (Wildman–Crippen LogP) is -0.928. The molecule has 9 nitrogen and oxygen atoms in total. The third-order valence-electron chi connectivity index (χ3n) is 2.70. The summed E-state index contributed by atoms with van der Waals surface area (Å²) in [7, 11) is 1.54. The van der Waals surface area contributed by atoms with Crippen LogP contribution < -0.4 is 20.6 Å². The lowest BCUT2D eigenvalue weighted by Crippen LogP contribution is -2.38. The van der Waals surface area contributed by atoms with Crippen LogP contribution in [0.2, 0.25) is 5.02 Å². The number of carboxylic acids is 1. The molecule has 0 saturated heterocycles. The molecule has 1 rings (SSSR count). The number of carbonyl (C=O) groups is 3. The number of hydrazone groups is 1. The van der Waals surface area contributed by atoms with Gasteiger partial charge in [0.1, 0.15) is 12.4 Å². The lowest BCUT2D eigenvalue weighted by molar-refractivity contribution is -0.307. The van der Waals surface area contributed by atoms with Gasteiger partial charge in [-0.05, 0) is 30.2 Å². The van der Waals surface area contributed by atoms with E-state index >= 15 is 0 Å². The molecule has 10 heteroatoms. The van der Waals surface area contributed by atoms with Gasteiger partial charge in [-0.2, -0.15) is 5.10 Å². The number of amides is 2. The summed E-state index contributed by atoms with van der Waals surface area (Å²) in [5.41, 5.74) is 2.58. The van der Waals surface area contributed by atoms with Crippen molar-refractivity contribution in [1.82, 2.24) is 10.7 Å². The normalized spacial score (nSPS) is 10.5. The molecule has 0 aromatic heterocycles. The Balaban J connectivity index is 2.47. The zero-order valence-corrected chi connectivity index (χ0v) is 14.2. The SMILES string of the molecule is COCCCNC(=O)C(=O)N/N=C\c1ccc(OCC(=O)[O-])c(Cl)c1. The van der Waals surface area contributed by atoms with Crippen LogP contribution in [0.4, 0.5) is 0 Å². The van der Waals surface area contributed by atoms with Crippen LogP contribution in [-0.4, -0.2) is 50.9 Å². The lowest BCUT2D eigenvalue weighted by Gasteiger charge is -2.08. The molecule has 2 N–H and O–H groups in total. The number of benzene rings is 1. The van der Waals surface area contributed by atoms with Crippen molar-refractivity contribution >= 4 is 35.6 Å². The van der Waals surface area contributed by atoms with Gasteiger partial charge in [0, 0.05) is 20.3 Å². The molecule has 1 aromatic carbocycles. The quantitative estimate of drug-likeness (QED) is 0.250. The Morgan fingerprint density at radius 1 is 1.32 bits per heavy atom. The topological polar surface area (TPSA) is 129 Å². The number of nitrogens with zero attached hydrogens (tertiary/aromatic N) is 1. The minimum atomic E-state index is -1.37. The minimum Gasteiger partial charge on any atom is -0.546 e. The Labute approximate surface area is 148 Å². The number of carboxylic acid groups (broad SMARTS) is 1. The van der Waals surface area contributed by atoms with Gasteiger partial charge in [-0.3, -0.25) is 9.59 Å². The summed E-state index contributed by atoms with van der Waals surface area (Å²) in [6, 6.07) is 4.43. The summed E-state index contributed by atoms with van der Waals surface area (Å²) >= 11 is 5.93. The van der Waals surface area contributed by atoms with E-state index in [0.717, 1.165) is 0 Å². The summed E-state index contributed by atoms with van der Waals surface area (Å²) in [4.78, 5) is 33.3. The number of hydrogen-bond acceptors (Lipinski definition) is 7. The average Bonchev–Trinajstić information content (AvgIpc) is 2.57. The molecular formula is C15H17ClN3O6-. The fraction of sp³-hybridized carbons (Fsp3) is 0.333.